The molecule has 2 heterocycles. The van der Waals surface area contributed by atoms with Crippen molar-refractivity contribution >= 4 is 23.0 Å². The average Bonchev–Trinajstić information content (AvgIpc) is 2.97. The standard InChI is InChI=1S/C14H11ClFN5O/c1-20-14(22)13(15)11(7-17-20)19-9-6-18-21(8-9)12-5-3-2-4-10(12)16/h2-8,19H,1H3. The van der Waals surface area contributed by atoms with Crippen LogP contribution in [-0.4, -0.2) is 19.6 Å². The SMILES string of the molecule is Cn1ncc(Nc2cnn(-c3ccccc3F)c2)c(Cl)c1=O. The molecule has 112 valence electrons. The maximum absolute atomic E-state index is 13.7. The van der Waals surface area contributed by atoms with Crippen LogP contribution in [-0.2, 0) is 7.05 Å². The maximum atomic E-state index is 13.7. The molecule has 0 spiro atoms. The zero-order chi connectivity index (χ0) is 15.7. The highest BCUT2D eigenvalue weighted by Crippen LogP contribution is 2.22. The molecule has 6 nitrogen and oxygen atoms in total. The number of nitrogens with one attached hydrogen (secondary N) is 1. The Labute approximate surface area is 129 Å². The van der Waals surface area contributed by atoms with E-state index in [0.29, 0.717) is 17.1 Å². The first-order chi connectivity index (χ1) is 10.6. The molecular formula is C14H11ClFN5O. The van der Waals surface area contributed by atoms with Gasteiger partial charge in [-0.3, -0.25) is 4.79 Å². The van der Waals surface area contributed by atoms with E-state index in [1.54, 1.807) is 24.4 Å². The van der Waals surface area contributed by atoms with E-state index >= 15 is 0 Å². The van der Waals surface area contributed by atoms with Gasteiger partial charge in [-0.15, -0.1) is 0 Å². The van der Waals surface area contributed by atoms with Gasteiger partial charge in [0.25, 0.3) is 5.56 Å². The molecule has 0 fully saturated rings. The van der Waals surface area contributed by atoms with Crippen LogP contribution in [0.15, 0.2) is 47.7 Å². The number of nitrogens with zero attached hydrogens (tertiary/aromatic N) is 4. The van der Waals surface area contributed by atoms with E-state index in [9.17, 15) is 9.18 Å². The highest BCUT2D eigenvalue weighted by Gasteiger charge is 2.10. The van der Waals surface area contributed by atoms with E-state index in [4.69, 9.17) is 11.6 Å². The Morgan fingerprint density at radius 1 is 1.23 bits per heavy atom. The molecule has 2 aromatic heterocycles. The van der Waals surface area contributed by atoms with Crippen LogP contribution in [0.25, 0.3) is 5.69 Å². The number of anilines is 2. The average molecular weight is 320 g/mol. The van der Waals surface area contributed by atoms with Crippen molar-refractivity contribution in [3.05, 3.63) is 64.0 Å². The van der Waals surface area contributed by atoms with Gasteiger partial charge in [-0.05, 0) is 12.1 Å². The third kappa shape index (κ3) is 2.58. The summed E-state index contributed by atoms with van der Waals surface area (Å²) in [6.45, 7) is 0. The molecule has 0 saturated carbocycles. The molecule has 0 saturated heterocycles. The van der Waals surface area contributed by atoms with Crippen LogP contribution in [0, 0.1) is 5.82 Å². The molecule has 0 bridgehead atoms. The largest absolute Gasteiger partial charge is 0.350 e. The highest BCUT2D eigenvalue weighted by atomic mass is 35.5. The fraction of sp³-hybridized carbons (Fsp3) is 0.0714. The molecule has 22 heavy (non-hydrogen) atoms. The lowest BCUT2D eigenvalue weighted by Crippen LogP contribution is -2.20. The molecule has 0 unspecified atom stereocenters. The maximum Gasteiger partial charge on any atom is 0.287 e. The fourth-order valence-corrected chi connectivity index (χ4v) is 2.13. The smallest absolute Gasteiger partial charge is 0.287 e. The molecule has 0 amide bonds. The second-order valence-electron chi connectivity index (χ2n) is 4.55. The summed E-state index contributed by atoms with van der Waals surface area (Å²) in [7, 11) is 1.51. The van der Waals surface area contributed by atoms with Gasteiger partial charge in [0.2, 0.25) is 0 Å². The highest BCUT2D eigenvalue weighted by molar-refractivity contribution is 6.33. The predicted molar refractivity (Wildman–Crippen MR) is 81.3 cm³/mol. The van der Waals surface area contributed by atoms with Crippen molar-refractivity contribution in [2.24, 2.45) is 7.05 Å². The normalized spacial score (nSPS) is 10.7. The zero-order valence-corrected chi connectivity index (χ0v) is 12.3. The first-order valence-corrected chi connectivity index (χ1v) is 6.72. The molecule has 0 radical (unpaired) electrons. The molecule has 1 aromatic carbocycles. The number of halogens is 2. The van der Waals surface area contributed by atoms with Gasteiger partial charge in [0.15, 0.2) is 0 Å². The number of rotatable bonds is 3. The second kappa shape index (κ2) is 5.61. The first kappa shape index (κ1) is 14.3. The van der Waals surface area contributed by atoms with Crippen molar-refractivity contribution in [2.75, 3.05) is 5.32 Å². The zero-order valence-electron chi connectivity index (χ0n) is 11.5. The third-order valence-corrected chi connectivity index (χ3v) is 3.40. The Morgan fingerprint density at radius 2 is 2.00 bits per heavy atom. The van der Waals surface area contributed by atoms with Crippen molar-refractivity contribution in [1.82, 2.24) is 19.6 Å². The fourth-order valence-electron chi connectivity index (χ4n) is 1.91. The Bertz CT molecular complexity index is 889. The number of aromatic nitrogens is 4. The number of hydrogen-bond donors (Lipinski definition) is 1. The van der Waals surface area contributed by atoms with Crippen molar-refractivity contribution in [2.45, 2.75) is 0 Å². The quantitative estimate of drug-likeness (QED) is 0.805. The summed E-state index contributed by atoms with van der Waals surface area (Å²) in [5.41, 5.74) is 0.829. The van der Waals surface area contributed by atoms with Crippen molar-refractivity contribution < 1.29 is 4.39 Å². The predicted octanol–water partition coefficient (Wildman–Crippen LogP) is 2.50. The number of para-hydroxylation sites is 1. The van der Waals surface area contributed by atoms with Gasteiger partial charge in [-0.1, -0.05) is 23.7 Å². The summed E-state index contributed by atoms with van der Waals surface area (Å²) in [4.78, 5) is 11.7. The molecule has 0 aliphatic carbocycles. The van der Waals surface area contributed by atoms with Crippen molar-refractivity contribution in [3.63, 3.8) is 0 Å². The molecular weight excluding hydrogens is 309 g/mol. The van der Waals surface area contributed by atoms with Gasteiger partial charge in [0.1, 0.15) is 16.5 Å². The number of hydrogen-bond acceptors (Lipinski definition) is 4. The minimum Gasteiger partial charge on any atom is -0.350 e. The minimum absolute atomic E-state index is 0.0242. The topological polar surface area (TPSA) is 64.7 Å². The van der Waals surface area contributed by atoms with Crippen molar-refractivity contribution in [1.29, 1.82) is 0 Å². The van der Waals surface area contributed by atoms with Crippen LogP contribution in [0.4, 0.5) is 15.8 Å². The Kier molecular flexibility index (Phi) is 3.64. The summed E-state index contributed by atoms with van der Waals surface area (Å²) < 4.78 is 16.2. The Hall–Kier alpha value is -2.67. The van der Waals surface area contributed by atoms with Gasteiger partial charge in [-0.25, -0.2) is 13.8 Å². The number of aryl methyl sites for hydroxylation is 1. The lowest BCUT2D eigenvalue weighted by Gasteiger charge is -2.06. The summed E-state index contributed by atoms with van der Waals surface area (Å²) in [6.07, 6.45) is 4.52. The molecule has 0 aliphatic heterocycles. The number of benzene rings is 1. The van der Waals surface area contributed by atoms with Gasteiger partial charge >= 0.3 is 0 Å². The van der Waals surface area contributed by atoms with Gasteiger partial charge < -0.3 is 5.32 Å². The van der Waals surface area contributed by atoms with Crippen LogP contribution in [0.1, 0.15) is 0 Å². The summed E-state index contributed by atoms with van der Waals surface area (Å²) in [6, 6.07) is 6.28. The van der Waals surface area contributed by atoms with Gasteiger partial charge in [-0.2, -0.15) is 10.2 Å². The van der Waals surface area contributed by atoms with Crippen LogP contribution in [0.5, 0.6) is 0 Å². The van der Waals surface area contributed by atoms with E-state index in [1.807, 2.05) is 0 Å². The van der Waals surface area contributed by atoms with Crippen LogP contribution in [0.2, 0.25) is 5.02 Å². The van der Waals surface area contributed by atoms with E-state index in [-0.39, 0.29) is 10.8 Å². The van der Waals surface area contributed by atoms with Crippen LogP contribution in [0.3, 0.4) is 0 Å². The van der Waals surface area contributed by atoms with Crippen molar-refractivity contribution in [3.8, 4) is 5.69 Å². The molecule has 0 atom stereocenters. The van der Waals surface area contributed by atoms with Gasteiger partial charge in [0.05, 0.1) is 30.0 Å². The van der Waals surface area contributed by atoms with Gasteiger partial charge in [0, 0.05) is 7.05 Å². The lowest BCUT2D eigenvalue weighted by molar-refractivity contribution is 0.611. The third-order valence-electron chi connectivity index (χ3n) is 3.04. The lowest BCUT2D eigenvalue weighted by atomic mass is 10.3. The monoisotopic (exact) mass is 319 g/mol. The van der Waals surface area contributed by atoms with E-state index in [0.717, 1.165) is 4.68 Å². The summed E-state index contributed by atoms with van der Waals surface area (Å²) in [5.74, 6) is -0.384. The molecule has 3 aromatic rings. The molecule has 3 rings (SSSR count). The summed E-state index contributed by atoms with van der Waals surface area (Å²) >= 11 is 5.97. The second-order valence-corrected chi connectivity index (χ2v) is 4.93. The first-order valence-electron chi connectivity index (χ1n) is 6.34. The molecule has 8 heteroatoms. The summed E-state index contributed by atoms with van der Waals surface area (Å²) in [5, 5.41) is 10.9. The minimum atomic E-state index is -0.409. The van der Waals surface area contributed by atoms with E-state index in [2.05, 4.69) is 15.5 Å². The van der Waals surface area contributed by atoms with E-state index < -0.39 is 5.56 Å². The van der Waals surface area contributed by atoms with E-state index in [1.165, 1.54) is 30.2 Å². The molecule has 0 aliphatic rings. The Balaban J connectivity index is 1.91. The Morgan fingerprint density at radius 3 is 2.77 bits per heavy atom. The van der Waals surface area contributed by atoms with Crippen LogP contribution < -0.4 is 10.9 Å². The molecule has 1 N–H and O–H groups in total. The van der Waals surface area contributed by atoms with Crippen LogP contribution >= 0.6 is 11.6 Å².